The van der Waals surface area contributed by atoms with Crippen LogP contribution in [0.25, 0.3) is 0 Å². The lowest BCUT2D eigenvalue weighted by molar-refractivity contribution is 0.0946. The summed E-state index contributed by atoms with van der Waals surface area (Å²) in [7, 11) is 0. The van der Waals surface area contributed by atoms with Crippen LogP contribution in [0.2, 0.25) is 0 Å². The number of anilines is 1. The van der Waals surface area contributed by atoms with Gasteiger partial charge in [0.05, 0.1) is 0 Å². The first kappa shape index (κ1) is 19.4. The molecular weight excluding hydrogens is 388 g/mol. The molecule has 1 heterocycles. The third-order valence-corrected chi connectivity index (χ3v) is 4.37. The Hall–Kier alpha value is -3.40. The first-order chi connectivity index (χ1) is 13.5. The summed E-state index contributed by atoms with van der Waals surface area (Å²) in [5, 5.41) is 11.3. The predicted octanol–water partition coefficient (Wildman–Crippen LogP) is 3.07. The van der Waals surface area contributed by atoms with E-state index in [0.717, 1.165) is 11.5 Å². The van der Waals surface area contributed by atoms with Gasteiger partial charge in [-0.1, -0.05) is 40.9 Å². The Morgan fingerprint density at radius 1 is 0.893 bits per heavy atom. The molecule has 28 heavy (non-hydrogen) atoms. The number of nitrogens with one attached hydrogen (secondary N) is 3. The van der Waals surface area contributed by atoms with E-state index in [1.165, 1.54) is 12.1 Å². The van der Waals surface area contributed by atoms with Crippen LogP contribution in [-0.2, 0) is 13.1 Å². The lowest BCUT2D eigenvalue weighted by Gasteiger charge is -2.08. The zero-order valence-electron chi connectivity index (χ0n) is 14.4. The van der Waals surface area contributed by atoms with Gasteiger partial charge in [-0.3, -0.25) is 10.1 Å². The first-order valence-electron chi connectivity index (χ1n) is 8.17. The smallest absolute Gasteiger partial charge is 0.320 e. The Labute approximate surface area is 162 Å². The summed E-state index contributed by atoms with van der Waals surface area (Å²) in [4.78, 5) is 24.3. The molecular formula is C18H15F2N5O2S. The minimum absolute atomic E-state index is 0.0282. The minimum atomic E-state index is -0.641. The average Bonchev–Trinajstić information content (AvgIpc) is 3.14. The van der Waals surface area contributed by atoms with E-state index in [1.54, 1.807) is 36.4 Å². The number of nitrogens with zero attached hydrogens (tertiary/aromatic N) is 2. The maximum Gasteiger partial charge on any atom is 0.320 e. The van der Waals surface area contributed by atoms with Crippen molar-refractivity contribution in [1.29, 1.82) is 0 Å². The number of rotatable bonds is 6. The summed E-state index contributed by atoms with van der Waals surface area (Å²) in [6, 6.07) is 11.4. The molecule has 10 heteroatoms. The first-order valence-corrected chi connectivity index (χ1v) is 8.94. The summed E-state index contributed by atoms with van der Waals surface area (Å²) in [6.07, 6.45) is 0. The van der Waals surface area contributed by atoms with Gasteiger partial charge < -0.3 is 10.6 Å². The topological polar surface area (TPSA) is 96.0 Å². The number of carbonyl (C=O) groups excluding carboxylic acids is 2. The summed E-state index contributed by atoms with van der Waals surface area (Å²) < 4.78 is 30.8. The zero-order valence-corrected chi connectivity index (χ0v) is 15.2. The van der Waals surface area contributed by atoms with E-state index in [2.05, 4.69) is 25.5 Å². The van der Waals surface area contributed by atoms with Crippen LogP contribution in [0.15, 0.2) is 48.5 Å². The van der Waals surface area contributed by atoms with Gasteiger partial charge in [-0.2, -0.15) is 0 Å². The van der Waals surface area contributed by atoms with Crippen molar-refractivity contribution in [3.63, 3.8) is 0 Å². The Morgan fingerprint density at radius 2 is 1.46 bits per heavy atom. The highest BCUT2D eigenvalue weighted by Crippen LogP contribution is 2.18. The van der Waals surface area contributed by atoms with Crippen LogP contribution in [0.4, 0.5) is 18.6 Å². The SMILES string of the molecule is O=C(NCc1ccccc1F)Nc1snnc1C(=O)NCc1ccccc1F. The van der Waals surface area contributed by atoms with Gasteiger partial charge in [0, 0.05) is 35.7 Å². The van der Waals surface area contributed by atoms with Gasteiger partial charge in [0.25, 0.3) is 5.91 Å². The largest absolute Gasteiger partial charge is 0.346 e. The molecule has 0 spiro atoms. The molecule has 0 saturated carbocycles. The zero-order chi connectivity index (χ0) is 19.9. The number of benzene rings is 2. The van der Waals surface area contributed by atoms with Crippen molar-refractivity contribution in [2.75, 3.05) is 5.32 Å². The highest BCUT2D eigenvalue weighted by Gasteiger charge is 2.18. The highest BCUT2D eigenvalue weighted by atomic mass is 32.1. The number of hydrogen-bond acceptors (Lipinski definition) is 5. The summed E-state index contributed by atoms with van der Waals surface area (Å²) in [6.45, 7) is -0.0679. The van der Waals surface area contributed by atoms with Crippen molar-refractivity contribution < 1.29 is 18.4 Å². The quantitative estimate of drug-likeness (QED) is 0.589. The Balaban J connectivity index is 1.57. The van der Waals surface area contributed by atoms with Gasteiger partial charge in [-0.15, -0.1) is 5.10 Å². The molecule has 0 aliphatic carbocycles. The summed E-state index contributed by atoms with van der Waals surface area (Å²) in [5.41, 5.74) is 0.543. The molecule has 0 aliphatic rings. The number of aromatic nitrogens is 2. The van der Waals surface area contributed by atoms with Gasteiger partial charge in [-0.05, 0) is 12.1 Å². The van der Waals surface area contributed by atoms with Crippen molar-refractivity contribution in [3.05, 3.63) is 77.0 Å². The molecule has 0 saturated heterocycles. The highest BCUT2D eigenvalue weighted by molar-refractivity contribution is 7.10. The fourth-order valence-corrected chi connectivity index (χ4v) is 2.85. The molecule has 3 amide bonds. The van der Waals surface area contributed by atoms with E-state index in [0.29, 0.717) is 11.1 Å². The Morgan fingerprint density at radius 3 is 2.07 bits per heavy atom. The minimum Gasteiger partial charge on any atom is -0.346 e. The second-order valence-electron chi connectivity index (χ2n) is 5.62. The van der Waals surface area contributed by atoms with E-state index < -0.39 is 23.6 Å². The number of halogens is 2. The summed E-state index contributed by atoms with van der Waals surface area (Å²) >= 11 is 0.814. The lowest BCUT2D eigenvalue weighted by Crippen LogP contribution is -2.30. The monoisotopic (exact) mass is 403 g/mol. The third kappa shape index (κ3) is 4.86. The molecule has 2 aromatic carbocycles. The lowest BCUT2D eigenvalue weighted by atomic mass is 10.2. The van der Waals surface area contributed by atoms with Crippen LogP contribution in [-0.4, -0.2) is 21.5 Å². The molecule has 3 aromatic rings. The van der Waals surface area contributed by atoms with Crippen LogP contribution < -0.4 is 16.0 Å². The van der Waals surface area contributed by atoms with Crippen LogP contribution in [0.1, 0.15) is 21.6 Å². The molecule has 0 unspecified atom stereocenters. The van der Waals surface area contributed by atoms with Gasteiger partial charge in [-0.25, -0.2) is 13.6 Å². The third-order valence-electron chi connectivity index (χ3n) is 3.72. The molecule has 0 fully saturated rings. The van der Waals surface area contributed by atoms with Crippen molar-refractivity contribution in [1.82, 2.24) is 20.2 Å². The van der Waals surface area contributed by atoms with Crippen molar-refractivity contribution in [2.45, 2.75) is 13.1 Å². The van der Waals surface area contributed by atoms with E-state index in [-0.39, 0.29) is 23.8 Å². The molecule has 3 rings (SSSR count). The maximum absolute atomic E-state index is 13.6. The standard InChI is InChI=1S/C18H15F2N5O2S/c19-13-7-3-1-5-11(13)9-21-16(26)15-17(28-25-24-15)23-18(27)22-10-12-6-2-4-8-14(12)20/h1-8H,9-10H2,(H,21,26)(H2,22,23,27). The van der Waals surface area contributed by atoms with E-state index in [1.807, 2.05) is 0 Å². The van der Waals surface area contributed by atoms with Crippen molar-refractivity contribution in [3.8, 4) is 0 Å². The number of amides is 3. The molecule has 3 N–H and O–H groups in total. The van der Waals surface area contributed by atoms with Crippen molar-refractivity contribution >= 4 is 28.5 Å². The van der Waals surface area contributed by atoms with Crippen LogP contribution in [0.3, 0.4) is 0 Å². The Bertz CT molecular complexity index is 995. The molecule has 0 atom stereocenters. The van der Waals surface area contributed by atoms with E-state index in [4.69, 9.17) is 0 Å². The summed E-state index contributed by atoms with van der Waals surface area (Å²) in [5.74, 6) is -1.48. The fraction of sp³-hybridized carbons (Fsp3) is 0.111. The van der Waals surface area contributed by atoms with Crippen molar-refractivity contribution in [2.24, 2.45) is 0 Å². The predicted molar refractivity (Wildman–Crippen MR) is 99.7 cm³/mol. The van der Waals surface area contributed by atoms with Gasteiger partial charge in [0.2, 0.25) is 0 Å². The fourth-order valence-electron chi connectivity index (χ4n) is 2.29. The normalized spacial score (nSPS) is 10.4. The molecule has 1 aromatic heterocycles. The van der Waals surface area contributed by atoms with Crippen LogP contribution in [0, 0.1) is 11.6 Å². The van der Waals surface area contributed by atoms with Gasteiger partial charge in [0.1, 0.15) is 11.6 Å². The number of hydrogen-bond donors (Lipinski definition) is 3. The second kappa shape index (κ2) is 9.00. The molecule has 144 valence electrons. The molecule has 7 nitrogen and oxygen atoms in total. The molecule has 0 bridgehead atoms. The van der Waals surface area contributed by atoms with Gasteiger partial charge in [0.15, 0.2) is 10.7 Å². The second-order valence-corrected chi connectivity index (χ2v) is 6.38. The number of urea groups is 1. The molecule has 0 aliphatic heterocycles. The van der Waals surface area contributed by atoms with Crippen LogP contribution in [0.5, 0.6) is 0 Å². The maximum atomic E-state index is 13.6. The van der Waals surface area contributed by atoms with E-state index >= 15 is 0 Å². The van der Waals surface area contributed by atoms with Crippen LogP contribution >= 0.6 is 11.5 Å². The Kier molecular flexibility index (Phi) is 6.22. The molecule has 0 radical (unpaired) electrons. The number of carbonyl (C=O) groups is 2. The van der Waals surface area contributed by atoms with Gasteiger partial charge >= 0.3 is 6.03 Å². The average molecular weight is 403 g/mol. The van der Waals surface area contributed by atoms with E-state index in [9.17, 15) is 18.4 Å².